The average molecular weight is 409 g/mol. The van der Waals surface area contributed by atoms with Gasteiger partial charge in [-0.2, -0.15) is 0 Å². The van der Waals surface area contributed by atoms with E-state index in [-0.39, 0.29) is 24.0 Å². The number of hydrogen-bond donors (Lipinski definition) is 3. The van der Waals surface area contributed by atoms with Gasteiger partial charge in [-0.1, -0.05) is 36.4 Å². The highest BCUT2D eigenvalue weighted by molar-refractivity contribution is 6.39. The number of nitrogens with one attached hydrogen (secondary N) is 2. The summed E-state index contributed by atoms with van der Waals surface area (Å²) >= 11 is 0. The topological polar surface area (TPSA) is 87.1 Å². The van der Waals surface area contributed by atoms with Gasteiger partial charge in [-0.05, 0) is 31.4 Å². The third-order valence-electron chi connectivity index (χ3n) is 7.03. The number of aromatic amines is 1. The van der Waals surface area contributed by atoms with Crippen LogP contribution in [0.5, 0.6) is 0 Å². The van der Waals surface area contributed by atoms with Crippen LogP contribution in [0.1, 0.15) is 46.0 Å². The van der Waals surface area contributed by atoms with Gasteiger partial charge in [-0.15, -0.1) is 0 Å². The van der Waals surface area contributed by atoms with E-state index in [9.17, 15) is 14.7 Å². The molecule has 0 saturated heterocycles. The van der Waals surface area contributed by atoms with Crippen LogP contribution in [0, 0.1) is 0 Å². The molecule has 152 valence electrons. The van der Waals surface area contributed by atoms with Crippen LogP contribution < -0.4 is 5.32 Å². The first-order chi connectivity index (χ1) is 15.1. The summed E-state index contributed by atoms with van der Waals surface area (Å²) in [6.07, 6.45) is 1.99. The highest BCUT2D eigenvalue weighted by Crippen LogP contribution is 2.46. The highest BCUT2D eigenvalue weighted by atomic mass is 16.3. The number of amides is 2. The molecular formula is C25H19N3O3. The summed E-state index contributed by atoms with van der Waals surface area (Å²) in [5, 5.41) is 16.3. The van der Waals surface area contributed by atoms with Crippen LogP contribution in [0.25, 0.3) is 43.6 Å². The summed E-state index contributed by atoms with van der Waals surface area (Å²) < 4.78 is 2.29. The Balaban J connectivity index is 1.80. The van der Waals surface area contributed by atoms with Gasteiger partial charge in [0.25, 0.3) is 11.8 Å². The fraction of sp³-hybridized carbons (Fsp3) is 0.200. The Morgan fingerprint density at radius 3 is 2.35 bits per heavy atom. The number of hydrogen-bond acceptors (Lipinski definition) is 3. The Bertz CT molecular complexity index is 1610. The molecule has 6 heteroatoms. The molecule has 7 rings (SSSR count). The van der Waals surface area contributed by atoms with Crippen LogP contribution in [0.3, 0.4) is 0 Å². The first kappa shape index (κ1) is 17.1. The van der Waals surface area contributed by atoms with E-state index in [1.165, 1.54) is 0 Å². The van der Waals surface area contributed by atoms with Gasteiger partial charge in [0.15, 0.2) is 0 Å². The van der Waals surface area contributed by atoms with Gasteiger partial charge in [-0.25, -0.2) is 0 Å². The molecule has 2 unspecified atom stereocenters. The minimum absolute atomic E-state index is 0.130. The molecule has 5 aromatic rings. The second-order valence-corrected chi connectivity index (χ2v) is 8.69. The molecule has 3 aromatic carbocycles. The lowest BCUT2D eigenvalue weighted by Gasteiger charge is -2.16. The zero-order valence-electron chi connectivity index (χ0n) is 16.6. The number of fused-ring (bicyclic) bond motifs is 10. The molecular weight excluding hydrogens is 390 g/mol. The fourth-order valence-electron chi connectivity index (χ4n) is 5.82. The maximum absolute atomic E-state index is 13.0. The van der Waals surface area contributed by atoms with Crippen molar-refractivity contribution < 1.29 is 14.7 Å². The van der Waals surface area contributed by atoms with Crippen molar-refractivity contribution in [1.82, 2.24) is 14.9 Å². The van der Waals surface area contributed by atoms with Crippen LogP contribution in [-0.4, -0.2) is 32.6 Å². The molecule has 0 spiro atoms. The normalized spacial score (nSPS) is 21.1. The number of imide groups is 1. The number of benzene rings is 3. The van der Waals surface area contributed by atoms with E-state index in [1.807, 2.05) is 42.5 Å². The van der Waals surface area contributed by atoms with Gasteiger partial charge in [0, 0.05) is 38.6 Å². The zero-order chi connectivity index (χ0) is 20.9. The Labute approximate surface area is 176 Å². The standard InChI is InChI=1S/C25H19N3O3/c29-13-10-9-12(11-13)28-17-8-4-2-6-15(17)19-21-20(24(30)27-25(21)31)18-14-5-1-3-7-16(14)26-22(18)23(19)28/h1-8,12-13,26,29H,9-11H2,(H,27,30,31). The van der Waals surface area contributed by atoms with Crippen molar-refractivity contribution in [2.75, 3.05) is 0 Å². The van der Waals surface area contributed by atoms with Crippen molar-refractivity contribution in [2.45, 2.75) is 31.4 Å². The lowest BCUT2D eigenvalue weighted by atomic mass is 9.96. The molecule has 2 aliphatic rings. The first-order valence-electron chi connectivity index (χ1n) is 10.7. The Hall–Kier alpha value is -3.64. The van der Waals surface area contributed by atoms with E-state index in [0.717, 1.165) is 56.5 Å². The smallest absolute Gasteiger partial charge is 0.259 e. The van der Waals surface area contributed by atoms with Gasteiger partial charge in [0.2, 0.25) is 0 Å². The van der Waals surface area contributed by atoms with Crippen LogP contribution in [0.4, 0.5) is 0 Å². The molecule has 31 heavy (non-hydrogen) atoms. The molecule has 3 heterocycles. The SMILES string of the molecule is O=C1NC(=O)c2c1c1c3ccccc3[nH]c1c1c2c2ccccc2n1C1CCC(O)C1. The Kier molecular flexibility index (Phi) is 3.16. The van der Waals surface area contributed by atoms with E-state index in [1.54, 1.807) is 0 Å². The van der Waals surface area contributed by atoms with Crippen molar-refractivity contribution in [1.29, 1.82) is 0 Å². The third kappa shape index (κ3) is 2.05. The molecule has 1 aliphatic heterocycles. The van der Waals surface area contributed by atoms with Crippen molar-refractivity contribution in [3.05, 3.63) is 59.7 Å². The van der Waals surface area contributed by atoms with Crippen molar-refractivity contribution in [3.63, 3.8) is 0 Å². The van der Waals surface area contributed by atoms with Gasteiger partial charge in [0.05, 0.1) is 28.3 Å². The molecule has 0 radical (unpaired) electrons. The molecule has 2 atom stereocenters. The van der Waals surface area contributed by atoms with Crippen LogP contribution in [0.2, 0.25) is 0 Å². The molecule has 2 aromatic heterocycles. The number of para-hydroxylation sites is 2. The molecule has 1 saturated carbocycles. The number of aromatic nitrogens is 2. The highest BCUT2D eigenvalue weighted by Gasteiger charge is 2.37. The predicted molar refractivity (Wildman–Crippen MR) is 119 cm³/mol. The number of nitrogens with zero attached hydrogens (tertiary/aromatic N) is 1. The summed E-state index contributed by atoms with van der Waals surface area (Å²) in [5.41, 5.74) is 4.69. The van der Waals surface area contributed by atoms with Crippen molar-refractivity contribution in [2.24, 2.45) is 0 Å². The summed E-state index contributed by atoms with van der Waals surface area (Å²) in [4.78, 5) is 29.5. The van der Waals surface area contributed by atoms with E-state index in [2.05, 4.69) is 20.9 Å². The maximum atomic E-state index is 13.0. The molecule has 6 nitrogen and oxygen atoms in total. The Morgan fingerprint density at radius 2 is 1.58 bits per heavy atom. The van der Waals surface area contributed by atoms with Crippen LogP contribution in [0.15, 0.2) is 48.5 Å². The molecule has 3 N–H and O–H groups in total. The summed E-state index contributed by atoms with van der Waals surface area (Å²) in [6, 6.07) is 16.1. The van der Waals surface area contributed by atoms with Gasteiger partial charge >= 0.3 is 0 Å². The molecule has 1 aliphatic carbocycles. The Morgan fingerprint density at radius 1 is 0.871 bits per heavy atom. The minimum atomic E-state index is -0.343. The zero-order valence-corrected chi connectivity index (χ0v) is 16.6. The minimum Gasteiger partial charge on any atom is -0.393 e. The number of aliphatic hydroxyl groups is 1. The average Bonchev–Trinajstić information content (AvgIpc) is 3.50. The van der Waals surface area contributed by atoms with Crippen LogP contribution in [-0.2, 0) is 0 Å². The number of rotatable bonds is 1. The molecule has 0 bridgehead atoms. The second kappa shape index (κ2) is 5.74. The number of aliphatic hydroxyl groups excluding tert-OH is 1. The van der Waals surface area contributed by atoms with E-state index < -0.39 is 0 Å². The van der Waals surface area contributed by atoms with E-state index >= 15 is 0 Å². The monoisotopic (exact) mass is 409 g/mol. The first-order valence-corrected chi connectivity index (χ1v) is 10.7. The van der Waals surface area contributed by atoms with E-state index in [0.29, 0.717) is 17.5 Å². The lowest BCUT2D eigenvalue weighted by Crippen LogP contribution is -2.20. The maximum Gasteiger partial charge on any atom is 0.259 e. The number of carbonyl (C=O) groups excluding carboxylic acids is 2. The number of carbonyl (C=O) groups is 2. The lowest BCUT2D eigenvalue weighted by molar-refractivity contribution is 0.0880. The summed E-state index contributed by atoms with van der Waals surface area (Å²) in [7, 11) is 0. The molecule has 2 amide bonds. The van der Waals surface area contributed by atoms with Gasteiger partial charge in [-0.3, -0.25) is 14.9 Å². The fourth-order valence-corrected chi connectivity index (χ4v) is 5.82. The third-order valence-corrected chi connectivity index (χ3v) is 7.03. The van der Waals surface area contributed by atoms with Crippen LogP contribution >= 0.6 is 0 Å². The number of H-pyrrole nitrogens is 1. The van der Waals surface area contributed by atoms with Crippen molar-refractivity contribution in [3.8, 4) is 0 Å². The summed E-state index contributed by atoms with van der Waals surface area (Å²) in [6.45, 7) is 0. The second-order valence-electron chi connectivity index (χ2n) is 8.69. The van der Waals surface area contributed by atoms with E-state index in [4.69, 9.17) is 0 Å². The molecule has 1 fully saturated rings. The largest absolute Gasteiger partial charge is 0.393 e. The van der Waals surface area contributed by atoms with Crippen molar-refractivity contribution >= 4 is 55.4 Å². The van der Waals surface area contributed by atoms with Gasteiger partial charge < -0.3 is 14.7 Å². The van der Waals surface area contributed by atoms with Gasteiger partial charge in [0.1, 0.15) is 0 Å². The summed E-state index contributed by atoms with van der Waals surface area (Å²) in [5.74, 6) is -0.684. The quantitative estimate of drug-likeness (QED) is 0.359. The predicted octanol–water partition coefficient (Wildman–Crippen LogP) is 4.40.